The van der Waals surface area contributed by atoms with Crippen LogP contribution in [0.4, 0.5) is 16.2 Å². The third-order valence-electron chi connectivity index (χ3n) is 4.31. The van der Waals surface area contributed by atoms with Gasteiger partial charge in [-0.15, -0.1) is 0 Å². The Hall–Kier alpha value is -1.71. The lowest BCUT2D eigenvalue weighted by Crippen LogP contribution is -2.50. The molecule has 0 bridgehead atoms. The highest BCUT2D eigenvalue weighted by Gasteiger charge is 2.41. The SMILES string of the molecule is Nc1ccccc1N1CCC2(CCCCC2)OC1=O. The van der Waals surface area contributed by atoms with Gasteiger partial charge in [0.2, 0.25) is 0 Å². The van der Waals surface area contributed by atoms with Crippen LogP contribution in [0.3, 0.4) is 0 Å². The molecule has 0 atom stereocenters. The standard InChI is InChI=1S/C15H20N2O2/c16-12-6-2-3-7-13(12)17-11-10-15(19-14(17)18)8-4-1-5-9-15/h2-3,6-7H,1,4-5,8-11,16H2. The van der Waals surface area contributed by atoms with Crippen molar-refractivity contribution in [3.05, 3.63) is 24.3 Å². The Morgan fingerprint density at radius 2 is 1.84 bits per heavy atom. The van der Waals surface area contributed by atoms with Crippen molar-refractivity contribution in [3.8, 4) is 0 Å². The molecule has 1 spiro atoms. The molecule has 0 radical (unpaired) electrons. The lowest BCUT2D eigenvalue weighted by molar-refractivity contribution is -0.0309. The molecule has 3 rings (SSSR count). The van der Waals surface area contributed by atoms with Gasteiger partial charge in [0.25, 0.3) is 0 Å². The number of nitrogens with two attached hydrogens (primary N) is 1. The second-order valence-electron chi connectivity index (χ2n) is 5.57. The van der Waals surface area contributed by atoms with Gasteiger partial charge in [0.15, 0.2) is 0 Å². The van der Waals surface area contributed by atoms with Crippen LogP contribution in [-0.2, 0) is 4.74 Å². The molecule has 1 heterocycles. The number of benzene rings is 1. The predicted octanol–water partition coefficient (Wildman–Crippen LogP) is 3.32. The van der Waals surface area contributed by atoms with Crippen LogP contribution in [0.1, 0.15) is 38.5 Å². The number of hydrogen-bond donors (Lipinski definition) is 1. The van der Waals surface area contributed by atoms with E-state index in [-0.39, 0.29) is 11.7 Å². The fourth-order valence-electron chi connectivity index (χ4n) is 3.20. The Bertz CT molecular complexity index is 481. The Morgan fingerprint density at radius 3 is 2.53 bits per heavy atom. The minimum Gasteiger partial charge on any atom is -0.442 e. The summed E-state index contributed by atoms with van der Waals surface area (Å²) < 4.78 is 5.77. The van der Waals surface area contributed by atoms with Crippen LogP contribution in [0.2, 0.25) is 0 Å². The van der Waals surface area contributed by atoms with Crippen LogP contribution in [-0.4, -0.2) is 18.2 Å². The normalized spacial score (nSPS) is 22.3. The number of nitrogen functional groups attached to an aromatic ring is 1. The summed E-state index contributed by atoms with van der Waals surface area (Å²) in [6.07, 6.45) is 6.28. The number of ether oxygens (including phenoxy) is 1. The molecule has 2 aliphatic rings. The highest BCUT2D eigenvalue weighted by atomic mass is 16.6. The third kappa shape index (κ3) is 2.27. The van der Waals surface area contributed by atoms with Crippen LogP contribution in [0.25, 0.3) is 0 Å². The lowest BCUT2D eigenvalue weighted by Gasteiger charge is -2.43. The number of anilines is 2. The smallest absolute Gasteiger partial charge is 0.414 e. The van der Waals surface area contributed by atoms with E-state index in [4.69, 9.17) is 10.5 Å². The highest BCUT2D eigenvalue weighted by molar-refractivity contribution is 5.92. The van der Waals surface area contributed by atoms with Crippen molar-refractivity contribution in [2.45, 2.75) is 44.1 Å². The Labute approximate surface area is 113 Å². The zero-order chi connectivity index (χ0) is 13.3. The van der Waals surface area contributed by atoms with E-state index < -0.39 is 0 Å². The minimum atomic E-state index is -0.244. The fourth-order valence-corrected chi connectivity index (χ4v) is 3.20. The molecule has 4 heteroatoms. The molecule has 1 saturated carbocycles. The molecule has 4 nitrogen and oxygen atoms in total. The molecule has 1 aromatic carbocycles. The van der Waals surface area contributed by atoms with Crippen molar-refractivity contribution in [2.24, 2.45) is 0 Å². The minimum absolute atomic E-state index is 0.199. The summed E-state index contributed by atoms with van der Waals surface area (Å²) in [6.45, 7) is 0.701. The number of rotatable bonds is 1. The first kappa shape index (κ1) is 12.3. The first-order chi connectivity index (χ1) is 9.20. The molecule has 2 fully saturated rings. The van der Waals surface area contributed by atoms with Gasteiger partial charge in [-0.1, -0.05) is 18.6 Å². The second kappa shape index (κ2) is 4.76. The molecule has 1 aromatic rings. The molecule has 1 aliphatic heterocycles. The molecular formula is C15H20N2O2. The van der Waals surface area contributed by atoms with E-state index in [2.05, 4.69) is 0 Å². The topological polar surface area (TPSA) is 55.6 Å². The van der Waals surface area contributed by atoms with E-state index in [1.165, 1.54) is 19.3 Å². The summed E-state index contributed by atoms with van der Waals surface area (Å²) in [6, 6.07) is 7.45. The average Bonchev–Trinajstić information content (AvgIpc) is 2.41. The Balaban J connectivity index is 1.78. The second-order valence-corrected chi connectivity index (χ2v) is 5.57. The molecule has 2 N–H and O–H groups in total. The number of carbonyl (C=O) groups excluding carboxylic acids is 1. The largest absolute Gasteiger partial charge is 0.442 e. The van der Waals surface area contributed by atoms with Crippen molar-refractivity contribution < 1.29 is 9.53 Å². The van der Waals surface area contributed by atoms with Crippen LogP contribution in [0, 0.1) is 0 Å². The zero-order valence-corrected chi connectivity index (χ0v) is 11.1. The van der Waals surface area contributed by atoms with Crippen molar-refractivity contribution in [2.75, 3.05) is 17.2 Å². The first-order valence-corrected chi connectivity index (χ1v) is 7.05. The number of amides is 1. The first-order valence-electron chi connectivity index (χ1n) is 7.05. The summed E-state index contributed by atoms with van der Waals surface area (Å²) in [5.41, 5.74) is 7.12. The van der Waals surface area contributed by atoms with Gasteiger partial charge in [0.05, 0.1) is 11.4 Å². The van der Waals surface area contributed by atoms with Crippen molar-refractivity contribution in [1.29, 1.82) is 0 Å². The maximum absolute atomic E-state index is 12.3. The molecule has 1 saturated heterocycles. The van der Waals surface area contributed by atoms with Gasteiger partial charge in [-0.05, 0) is 37.8 Å². The van der Waals surface area contributed by atoms with E-state index >= 15 is 0 Å². The molecule has 0 aromatic heterocycles. The summed E-state index contributed by atoms with van der Waals surface area (Å²) in [5, 5.41) is 0. The monoisotopic (exact) mass is 260 g/mol. The number of para-hydroxylation sites is 2. The van der Waals surface area contributed by atoms with Crippen LogP contribution in [0.5, 0.6) is 0 Å². The number of hydrogen-bond acceptors (Lipinski definition) is 3. The van der Waals surface area contributed by atoms with E-state index in [0.717, 1.165) is 24.9 Å². The summed E-state index contributed by atoms with van der Waals surface area (Å²) in [7, 11) is 0. The van der Waals surface area contributed by atoms with Gasteiger partial charge >= 0.3 is 6.09 Å². The number of carbonyl (C=O) groups is 1. The average molecular weight is 260 g/mol. The summed E-state index contributed by atoms with van der Waals surface area (Å²) in [5.74, 6) is 0. The number of nitrogens with zero attached hydrogens (tertiary/aromatic N) is 1. The molecule has 1 aliphatic carbocycles. The summed E-state index contributed by atoms with van der Waals surface area (Å²) in [4.78, 5) is 13.9. The highest BCUT2D eigenvalue weighted by Crippen LogP contribution is 2.39. The predicted molar refractivity (Wildman–Crippen MR) is 75.1 cm³/mol. The van der Waals surface area contributed by atoms with Gasteiger partial charge < -0.3 is 10.5 Å². The van der Waals surface area contributed by atoms with Crippen molar-refractivity contribution in [3.63, 3.8) is 0 Å². The van der Waals surface area contributed by atoms with Crippen molar-refractivity contribution in [1.82, 2.24) is 0 Å². The molecule has 0 unspecified atom stereocenters. The molecule has 102 valence electrons. The van der Waals surface area contributed by atoms with E-state index in [1.54, 1.807) is 4.90 Å². The lowest BCUT2D eigenvalue weighted by atomic mass is 9.81. The van der Waals surface area contributed by atoms with Gasteiger partial charge in [-0.3, -0.25) is 4.90 Å². The van der Waals surface area contributed by atoms with Gasteiger partial charge in [0, 0.05) is 13.0 Å². The quantitative estimate of drug-likeness (QED) is 0.788. The maximum atomic E-state index is 12.3. The summed E-state index contributed by atoms with van der Waals surface area (Å²) >= 11 is 0. The van der Waals surface area contributed by atoms with Crippen LogP contribution in [0.15, 0.2) is 24.3 Å². The van der Waals surface area contributed by atoms with Crippen LogP contribution < -0.4 is 10.6 Å². The van der Waals surface area contributed by atoms with E-state index in [0.29, 0.717) is 12.2 Å². The van der Waals surface area contributed by atoms with Gasteiger partial charge in [-0.2, -0.15) is 0 Å². The van der Waals surface area contributed by atoms with Gasteiger partial charge in [-0.25, -0.2) is 4.79 Å². The molecular weight excluding hydrogens is 240 g/mol. The van der Waals surface area contributed by atoms with E-state index in [9.17, 15) is 4.79 Å². The molecule has 19 heavy (non-hydrogen) atoms. The van der Waals surface area contributed by atoms with Crippen LogP contribution >= 0.6 is 0 Å². The third-order valence-corrected chi connectivity index (χ3v) is 4.31. The molecule has 1 amide bonds. The maximum Gasteiger partial charge on any atom is 0.414 e. The fraction of sp³-hybridized carbons (Fsp3) is 0.533. The zero-order valence-electron chi connectivity index (χ0n) is 11.1. The Kier molecular flexibility index (Phi) is 3.09. The van der Waals surface area contributed by atoms with E-state index in [1.807, 2.05) is 24.3 Å². The Morgan fingerprint density at radius 1 is 1.11 bits per heavy atom. The van der Waals surface area contributed by atoms with Gasteiger partial charge in [0.1, 0.15) is 5.60 Å². The van der Waals surface area contributed by atoms with Crippen molar-refractivity contribution >= 4 is 17.5 Å².